The van der Waals surface area contributed by atoms with E-state index in [9.17, 15) is 10.1 Å². The van der Waals surface area contributed by atoms with E-state index in [1.54, 1.807) is 24.4 Å². The number of nitrogen functional groups attached to an aromatic ring is 1. The Labute approximate surface area is 186 Å². The van der Waals surface area contributed by atoms with Crippen molar-refractivity contribution < 1.29 is 4.79 Å². The topological polar surface area (TPSA) is 133 Å². The first-order valence-corrected chi connectivity index (χ1v) is 9.74. The lowest BCUT2D eigenvalue weighted by Gasteiger charge is -2.34. The van der Waals surface area contributed by atoms with Crippen LogP contribution in [0.15, 0.2) is 36.5 Å². The van der Waals surface area contributed by atoms with Crippen LogP contribution >= 0.6 is 12.4 Å². The average molecular weight is 439 g/mol. The second kappa shape index (κ2) is 9.45. The number of pyridine rings is 1. The van der Waals surface area contributed by atoms with Crippen LogP contribution < -0.4 is 21.3 Å². The van der Waals surface area contributed by atoms with E-state index >= 15 is 0 Å². The van der Waals surface area contributed by atoms with Gasteiger partial charge in [0.1, 0.15) is 5.52 Å². The second-order valence-electron chi connectivity index (χ2n) is 7.31. The van der Waals surface area contributed by atoms with Gasteiger partial charge >= 0.3 is 0 Å². The Hall–Kier alpha value is -3.64. The predicted octanol–water partition coefficient (Wildman–Crippen LogP) is 2.75. The number of aromatic nitrogens is 3. The first kappa shape index (κ1) is 22.1. The summed E-state index contributed by atoms with van der Waals surface area (Å²) in [5.41, 5.74) is 8.87. The van der Waals surface area contributed by atoms with Crippen molar-refractivity contribution in [2.75, 3.05) is 29.0 Å². The summed E-state index contributed by atoms with van der Waals surface area (Å²) in [5.74, 6) is 1.06. The molecule has 0 saturated carbocycles. The minimum Gasteiger partial charge on any atom is -0.399 e. The average Bonchev–Trinajstić information content (AvgIpc) is 2.72. The lowest BCUT2D eigenvalue weighted by molar-refractivity contribution is -0.119. The molecule has 0 unspecified atom stereocenters. The molecular formula is C21H23ClN8O. The fourth-order valence-electron chi connectivity index (χ4n) is 3.72. The first-order valence-electron chi connectivity index (χ1n) is 9.74. The summed E-state index contributed by atoms with van der Waals surface area (Å²) in [6.07, 6.45) is 3.58. The lowest BCUT2D eigenvalue weighted by Crippen LogP contribution is -2.47. The third kappa shape index (κ3) is 5.10. The number of amides is 1. The number of anilines is 4. The molecule has 0 aliphatic carbocycles. The van der Waals surface area contributed by atoms with Crippen molar-refractivity contribution in [3.8, 4) is 6.07 Å². The van der Waals surface area contributed by atoms with Crippen molar-refractivity contribution in [3.05, 3.63) is 42.1 Å². The normalized spacial score (nSPS) is 15.6. The molecule has 1 aromatic carbocycles. The Balaban J connectivity index is 0.00000272. The van der Waals surface area contributed by atoms with Crippen LogP contribution in [0.3, 0.4) is 0 Å². The molecule has 10 heteroatoms. The highest BCUT2D eigenvalue weighted by molar-refractivity contribution is 5.87. The Kier molecular flexibility index (Phi) is 6.72. The number of halogens is 1. The van der Waals surface area contributed by atoms with Gasteiger partial charge in [-0.1, -0.05) is 0 Å². The van der Waals surface area contributed by atoms with E-state index in [0.29, 0.717) is 46.3 Å². The van der Waals surface area contributed by atoms with Crippen molar-refractivity contribution >= 4 is 52.5 Å². The Bertz CT molecular complexity index is 1150. The number of hydrogen-bond acceptors (Lipinski definition) is 8. The maximum Gasteiger partial charge on any atom is 0.229 e. The highest BCUT2D eigenvalue weighted by Gasteiger charge is 2.24. The minimum absolute atomic E-state index is 0. The third-order valence-corrected chi connectivity index (χ3v) is 4.91. The summed E-state index contributed by atoms with van der Waals surface area (Å²) in [7, 11) is 0. The molecule has 1 aliphatic rings. The summed E-state index contributed by atoms with van der Waals surface area (Å²) >= 11 is 0. The largest absolute Gasteiger partial charge is 0.399 e. The molecule has 0 radical (unpaired) electrons. The molecule has 1 fully saturated rings. The Morgan fingerprint density at radius 1 is 1.32 bits per heavy atom. The van der Waals surface area contributed by atoms with Gasteiger partial charge in [-0.15, -0.1) is 12.4 Å². The van der Waals surface area contributed by atoms with Gasteiger partial charge < -0.3 is 21.3 Å². The number of benzene rings is 1. The summed E-state index contributed by atoms with van der Waals surface area (Å²) in [4.78, 5) is 27.4. The number of carbonyl (C=O) groups is 1. The fraction of sp³-hybridized carbons (Fsp3) is 0.286. The summed E-state index contributed by atoms with van der Waals surface area (Å²) in [6, 6.07) is 10.9. The quantitative estimate of drug-likeness (QED) is 0.529. The van der Waals surface area contributed by atoms with Crippen LogP contribution in [0.5, 0.6) is 0 Å². The summed E-state index contributed by atoms with van der Waals surface area (Å²) in [6.45, 7) is 3.00. The number of rotatable bonds is 4. The van der Waals surface area contributed by atoms with Gasteiger partial charge in [-0.05, 0) is 43.2 Å². The van der Waals surface area contributed by atoms with Crippen LogP contribution in [-0.4, -0.2) is 40.0 Å². The molecule has 3 aromatic rings. The SMILES string of the molecule is CC(=O)N[C@@H]1CCCN(c2nc(Nc3cc(N)cc(C#N)c3)nc3cccnc23)C1.Cl. The molecule has 31 heavy (non-hydrogen) atoms. The van der Waals surface area contributed by atoms with E-state index in [0.717, 1.165) is 19.4 Å². The number of piperidine rings is 1. The minimum atomic E-state index is -0.0372. The van der Waals surface area contributed by atoms with Gasteiger partial charge in [-0.2, -0.15) is 10.2 Å². The van der Waals surface area contributed by atoms with E-state index < -0.39 is 0 Å². The number of carbonyl (C=O) groups excluding carboxylic acids is 1. The van der Waals surface area contributed by atoms with Crippen molar-refractivity contribution in [2.45, 2.75) is 25.8 Å². The number of nitrogens with two attached hydrogens (primary N) is 1. The number of fused-ring (bicyclic) bond motifs is 1. The van der Waals surface area contributed by atoms with Gasteiger partial charge in [0.15, 0.2) is 5.82 Å². The van der Waals surface area contributed by atoms with Gasteiger partial charge in [0.2, 0.25) is 11.9 Å². The molecule has 9 nitrogen and oxygen atoms in total. The van der Waals surface area contributed by atoms with Gasteiger partial charge in [0.05, 0.1) is 17.1 Å². The van der Waals surface area contributed by atoms with Crippen LogP contribution in [0.2, 0.25) is 0 Å². The van der Waals surface area contributed by atoms with E-state index in [4.69, 9.17) is 10.7 Å². The molecule has 0 bridgehead atoms. The molecule has 0 spiro atoms. The van der Waals surface area contributed by atoms with Gasteiger partial charge in [-0.3, -0.25) is 9.78 Å². The van der Waals surface area contributed by atoms with Gasteiger partial charge in [0.25, 0.3) is 0 Å². The zero-order valence-electron chi connectivity index (χ0n) is 17.0. The fourth-order valence-corrected chi connectivity index (χ4v) is 3.72. The lowest BCUT2D eigenvalue weighted by atomic mass is 10.1. The molecule has 2 aromatic heterocycles. The van der Waals surface area contributed by atoms with E-state index in [1.807, 2.05) is 12.1 Å². The number of nitrogens with zero attached hydrogens (tertiary/aromatic N) is 5. The molecular weight excluding hydrogens is 416 g/mol. The first-order chi connectivity index (χ1) is 14.5. The molecule has 4 rings (SSSR count). The van der Waals surface area contributed by atoms with Gasteiger partial charge in [-0.25, -0.2) is 4.98 Å². The summed E-state index contributed by atoms with van der Waals surface area (Å²) in [5, 5.41) is 15.3. The zero-order valence-corrected chi connectivity index (χ0v) is 17.8. The van der Waals surface area contributed by atoms with Crippen molar-refractivity contribution in [1.29, 1.82) is 5.26 Å². The standard InChI is InChI=1S/C21H22N8O.ClH/c1-13(30)25-16-4-3-7-29(12-16)20-19-18(5-2-6-24-19)27-21(28-20)26-17-9-14(11-22)8-15(23)10-17;/h2,5-6,8-10,16H,3-4,7,12,23H2,1H3,(H,25,30)(H,26,27,28);1H/t16-;/m1./s1. The number of hydrogen-bond donors (Lipinski definition) is 3. The number of nitrogens with one attached hydrogen (secondary N) is 2. The molecule has 1 atom stereocenters. The predicted molar refractivity (Wildman–Crippen MR) is 122 cm³/mol. The van der Waals surface area contributed by atoms with E-state index in [1.165, 1.54) is 6.92 Å². The van der Waals surface area contributed by atoms with E-state index in [-0.39, 0.29) is 24.4 Å². The van der Waals surface area contributed by atoms with Crippen molar-refractivity contribution in [1.82, 2.24) is 20.3 Å². The monoisotopic (exact) mass is 438 g/mol. The summed E-state index contributed by atoms with van der Waals surface area (Å²) < 4.78 is 0. The molecule has 4 N–H and O–H groups in total. The Morgan fingerprint density at radius 2 is 2.16 bits per heavy atom. The van der Waals surface area contributed by atoms with Crippen molar-refractivity contribution in [2.24, 2.45) is 0 Å². The van der Waals surface area contributed by atoms with Crippen LogP contribution in [0.4, 0.5) is 23.1 Å². The molecule has 3 heterocycles. The van der Waals surface area contributed by atoms with Crippen LogP contribution in [0.1, 0.15) is 25.3 Å². The third-order valence-electron chi connectivity index (χ3n) is 4.91. The number of nitriles is 1. The zero-order chi connectivity index (χ0) is 21.1. The highest BCUT2D eigenvalue weighted by atomic mass is 35.5. The highest BCUT2D eigenvalue weighted by Crippen LogP contribution is 2.28. The van der Waals surface area contributed by atoms with Gasteiger partial charge in [0, 0.05) is 43.6 Å². The van der Waals surface area contributed by atoms with Crippen LogP contribution in [0.25, 0.3) is 11.0 Å². The smallest absolute Gasteiger partial charge is 0.229 e. The maximum absolute atomic E-state index is 11.5. The van der Waals surface area contributed by atoms with Crippen LogP contribution in [-0.2, 0) is 4.79 Å². The Morgan fingerprint density at radius 3 is 2.94 bits per heavy atom. The maximum atomic E-state index is 11.5. The second-order valence-corrected chi connectivity index (χ2v) is 7.31. The molecule has 1 amide bonds. The molecule has 1 saturated heterocycles. The van der Waals surface area contributed by atoms with E-state index in [2.05, 4.69) is 31.6 Å². The molecule has 160 valence electrons. The molecule has 1 aliphatic heterocycles. The van der Waals surface area contributed by atoms with Crippen LogP contribution in [0, 0.1) is 11.3 Å². The van der Waals surface area contributed by atoms with Crippen molar-refractivity contribution in [3.63, 3.8) is 0 Å².